The van der Waals surface area contributed by atoms with Gasteiger partial charge in [0.15, 0.2) is 9.84 Å². The third kappa shape index (κ3) is 3.23. The van der Waals surface area contributed by atoms with Crippen LogP contribution < -0.4 is 5.32 Å². The quantitative estimate of drug-likeness (QED) is 0.786. The first-order chi connectivity index (χ1) is 8.52. The average molecular weight is 274 g/mol. The third-order valence-corrected chi connectivity index (χ3v) is 5.63. The molecule has 2 atom stereocenters. The minimum absolute atomic E-state index is 0.0528. The molecule has 0 saturated carbocycles. The van der Waals surface area contributed by atoms with Crippen molar-refractivity contribution in [3.05, 3.63) is 0 Å². The molecule has 2 aliphatic heterocycles. The Balaban J connectivity index is 1.83. The lowest BCUT2D eigenvalue weighted by Gasteiger charge is -2.19. The standard InChI is InChI=1S/C12H22N2O3S/c1-2-3-4-11-12(15)14(9-13-11)7-10-5-6-18(16,17)8-10/h10-11,13H,2-9H2,1H3. The fourth-order valence-electron chi connectivity index (χ4n) is 2.72. The van der Waals surface area contributed by atoms with Crippen LogP contribution in [-0.2, 0) is 14.6 Å². The van der Waals surface area contributed by atoms with Crippen molar-refractivity contribution in [2.45, 2.75) is 38.6 Å². The van der Waals surface area contributed by atoms with E-state index in [9.17, 15) is 13.2 Å². The minimum Gasteiger partial charge on any atom is -0.328 e. The molecule has 0 spiro atoms. The molecule has 0 radical (unpaired) electrons. The van der Waals surface area contributed by atoms with Gasteiger partial charge >= 0.3 is 0 Å². The van der Waals surface area contributed by atoms with Gasteiger partial charge in [-0.1, -0.05) is 19.8 Å². The van der Waals surface area contributed by atoms with Crippen molar-refractivity contribution < 1.29 is 13.2 Å². The highest BCUT2D eigenvalue weighted by Gasteiger charge is 2.35. The van der Waals surface area contributed by atoms with Crippen molar-refractivity contribution in [3.63, 3.8) is 0 Å². The summed E-state index contributed by atoms with van der Waals surface area (Å²) in [7, 11) is -2.84. The number of rotatable bonds is 5. The molecule has 6 heteroatoms. The zero-order valence-corrected chi connectivity index (χ0v) is 11.7. The number of amides is 1. The third-order valence-electron chi connectivity index (χ3n) is 3.79. The SMILES string of the molecule is CCCCC1NCN(CC2CCS(=O)(=O)C2)C1=O. The average Bonchev–Trinajstić information content (AvgIpc) is 2.82. The van der Waals surface area contributed by atoms with Gasteiger partial charge in [0, 0.05) is 6.54 Å². The molecule has 1 N–H and O–H groups in total. The molecule has 0 bridgehead atoms. The van der Waals surface area contributed by atoms with Crippen LogP contribution in [0.4, 0.5) is 0 Å². The second kappa shape index (κ2) is 5.57. The summed E-state index contributed by atoms with van der Waals surface area (Å²) in [5, 5.41) is 3.21. The largest absolute Gasteiger partial charge is 0.328 e. The van der Waals surface area contributed by atoms with Crippen molar-refractivity contribution in [3.8, 4) is 0 Å². The number of nitrogens with zero attached hydrogens (tertiary/aromatic N) is 1. The predicted octanol–water partition coefficient (Wildman–Crippen LogP) is 0.369. The molecule has 0 aromatic carbocycles. The first kappa shape index (κ1) is 13.8. The second-order valence-electron chi connectivity index (χ2n) is 5.39. The van der Waals surface area contributed by atoms with Crippen molar-refractivity contribution in [2.24, 2.45) is 5.92 Å². The predicted molar refractivity (Wildman–Crippen MR) is 69.8 cm³/mol. The van der Waals surface area contributed by atoms with Gasteiger partial charge in [-0.3, -0.25) is 10.1 Å². The molecule has 2 heterocycles. The molecule has 2 fully saturated rings. The van der Waals surface area contributed by atoms with E-state index in [0.29, 0.717) is 19.6 Å². The van der Waals surface area contributed by atoms with Gasteiger partial charge in [-0.25, -0.2) is 8.42 Å². The monoisotopic (exact) mass is 274 g/mol. The molecule has 104 valence electrons. The number of carbonyl (C=O) groups is 1. The normalized spacial score (nSPS) is 31.2. The molecule has 0 aromatic rings. The van der Waals surface area contributed by atoms with Gasteiger partial charge in [0.25, 0.3) is 0 Å². The fourth-order valence-corrected chi connectivity index (χ4v) is 4.57. The molecular formula is C12H22N2O3S. The van der Waals surface area contributed by atoms with Crippen LogP contribution in [0, 0.1) is 5.92 Å². The highest BCUT2D eigenvalue weighted by molar-refractivity contribution is 7.91. The Morgan fingerprint density at radius 1 is 1.44 bits per heavy atom. The molecule has 2 rings (SSSR count). The lowest BCUT2D eigenvalue weighted by atomic mass is 10.1. The van der Waals surface area contributed by atoms with E-state index in [1.807, 2.05) is 0 Å². The molecule has 2 unspecified atom stereocenters. The Morgan fingerprint density at radius 3 is 2.83 bits per heavy atom. The number of unbranched alkanes of at least 4 members (excludes halogenated alkanes) is 1. The Hall–Kier alpha value is -0.620. The Morgan fingerprint density at radius 2 is 2.22 bits per heavy atom. The van der Waals surface area contributed by atoms with Crippen LogP contribution in [0.2, 0.25) is 0 Å². The maximum Gasteiger partial charge on any atom is 0.240 e. The molecular weight excluding hydrogens is 252 g/mol. The highest BCUT2D eigenvalue weighted by atomic mass is 32.2. The maximum atomic E-state index is 12.1. The smallest absolute Gasteiger partial charge is 0.240 e. The fraction of sp³-hybridized carbons (Fsp3) is 0.917. The zero-order valence-electron chi connectivity index (χ0n) is 10.9. The summed E-state index contributed by atoms with van der Waals surface area (Å²) in [4.78, 5) is 13.9. The van der Waals surface area contributed by atoms with Gasteiger partial charge in [0.2, 0.25) is 5.91 Å². The van der Waals surface area contributed by atoms with Gasteiger partial charge in [0.05, 0.1) is 24.2 Å². The van der Waals surface area contributed by atoms with Gasteiger partial charge in [-0.2, -0.15) is 0 Å². The van der Waals surface area contributed by atoms with Gasteiger partial charge < -0.3 is 4.90 Å². The van der Waals surface area contributed by atoms with E-state index in [2.05, 4.69) is 12.2 Å². The summed E-state index contributed by atoms with van der Waals surface area (Å²) in [5.74, 6) is 0.807. The van der Waals surface area contributed by atoms with Crippen LogP contribution in [0.5, 0.6) is 0 Å². The Kier molecular flexibility index (Phi) is 4.27. The minimum atomic E-state index is -2.84. The van der Waals surface area contributed by atoms with Crippen LogP contribution in [-0.4, -0.2) is 50.0 Å². The molecule has 18 heavy (non-hydrogen) atoms. The summed E-state index contributed by atoms with van der Waals surface area (Å²) in [6.07, 6.45) is 3.72. The molecule has 2 aliphatic rings. The van der Waals surface area contributed by atoms with Gasteiger partial charge in [-0.15, -0.1) is 0 Å². The van der Waals surface area contributed by atoms with E-state index in [1.54, 1.807) is 4.90 Å². The van der Waals surface area contributed by atoms with E-state index >= 15 is 0 Å². The van der Waals surface area contributed by atoms with Crippen LogP contribution in [0.15, 0.2) is 0 Å². The van der Waals surface area contributed by atoms with E-state index in [-0.39, 0.29) is 29.4 Å². The number of nitrogens with one attached hydrogen (secondary N) is 1. The lowest BCUT2D eigenvalue weighted by molar-refractivity contribution is -0.129. The van der Waals surface area contributed by atoms with E-state index in [0.717, 1.165) is 19.3 Å². The van der Waals surface area contributed by atoms with Crippen LogP contribution in [0.3, 0.4) is 0 Å². The summed E-state index contributed by atoms with van der Waals surface area (Å²) in [5.41, 5.74) is 0. The molecule has 5 nitrogen and oxygen atoms in total. The van der Waals surface area contributed by atoms with Crippen molar-refractivity contribution in [1.82, 2.24) is 10.2 Å². The topological polar surface area (TPSA) is 66.5 Å². The van der Waals surface area contributed by atoms with Crippen molar-refractivity contribution in [2.75, 3.05) is 24.7 Å². The van der Waals surface area contributed by atoms with Crippen molar-refractivity contribution in [1.29, 1.82) is 0 Å². The number of hydrogen-bond donors (Lipinski definition) is 1. The van der Waals surface area contributed by atoms with Crippen LogP contribution in [0.1, 0.15) is 32.6 Å². The molecule has 0 aromatic heterocycles. The molecule has 2 saturated heterocycles. The summed E-state index contributed by atoms with van der Waals surface area (Å²) in [6, 6.07) is -0.0528. The summed E-state index contributed by atoms with van der Waals surface area (Å²) < 4.78 is 22.8. The Bertz CT molecular complexity index is 408. The highest BCUT2D eigenvalue weighted by Crippen LogP contribution is 2.21. The van der Waals surface area contributed by atoms with E-state index < -0.39 is 9.84 Å². The second-order valence-corrected chi connectivity index (χ2v) is 7.62. The summed E-state index contributed by atoms with van der Waals surface area (Å²) in [6.45, 7) is 3.28. The number of sulfone groups is 1. The van der Waals surface area contributed by atoms with Gasteiger partial charge in [-0.05, 0) is 18.8 Å². The summed E-state index contributed by atoms with van der Waals surface area (Å²) >= 11 is 0. The van der Waals surface area contributed by atoms with Gasteiger partial charge in [0.1, 0.15) is 0 Å². The van der Waals surface area contributed by atoms with Crippen LogP contribution >= 0.6 is 0 Å². The number of hydrogen-bond acceptors (Lipinski definition) is 4. The molecule has 0 aliphatic carbocycles. The van der Waals surface area contributed by atoms with E-state index in [4.69, 9.17) is 0 Å². The first-order valence-corrected chi connectivity index (χ1v) is 8.56. The Labute approximate surface area is 109 Å². The lowest BCUT2D eigenvalue weighted by Crippen LogP contribution is -2.34. The first-order valence-electron chi connectivity index (χ1n) is 6.74. The number of carbonyl (C=O) groups excluding carboxylic acids is 1. The van der Waals surface area contributed by atoms with Crippen molar-refractivity contribution >= 4 is 15.7 Å². The zero-order chi connectivity index (χ0) is 13.2. The molecule has 1 amide bonds. The van der Waals surface area contributed by atoms with E-state index in [1.165, 1.54) is 0 Å². The van der Waals surface area contributed by atoms with Crippen LogP contribution in [0.25, 0.3) is 0 Å². The maximum absolute atomic E-state index is 12.1.